The summed E-state index contributed by atoms with van der Waals surface area (Å²) in [6, 6.07) is 8.12. The van der Waals surface area contributed by atoms with Gasteiger partial charge >= 0.3 is 0 Å². The zero-order chi connectivity index (χ0) is 26.5. The van der Waals surface area contributed by atoms with Gasteiger partial charge in [0.25, 0.3) is 0 Å². The van der Waals surface area contributed by atoms with Crippen molar-refractivity contribution in [2.24, 2.45) is 0 Å². The minimum atomic E-state index is -2.62. The molecular weight excluding hydrogens is 504 g/mol. The highest BCUT2D eigenvalue weighted by atomic mass is 35.5. The van der Waals surface area contributed by atoms with Crippen molar-refractivity contribution in [1.82, 2.24) is 9.97 Å². The standard InChI is InChI=1S/C25H28ClFN5O3P/c1-6-22(33)29-19-13-20(21(35-5)12-17(19)27)31-25-28-14-16(26)24(32-25)30-18-11-9-10-15(4)23(18)36(34,7-2)8-3/h6,9-14H,1,7-8H2,2-5H3,(H,29,33)(H2,28,30,31,32). The highest BCUT2D eigenvalue weighted by molar-refractivity contribution is 7.72. The Labute approximate surface area is 214 Å². The first-order chi connectivity index (χ1) is 17.1. The number of carbonyl (C=O) groups is 1. The van der Waals surface area contributed by atoms with Crippen LogP contribution in [-0.4, -0.2) is 35.3 Å². The molecule has 3 N–H and O–H groups in total. The second kappa shape index (κ2) is 11.5. The third-order valence-electron chi connectivity index (χ3n) is 5.64. The number of carbonyl (C=O) groups excluding carboxylic acids is 1. The normalized spacial score (nSPS) is 11.1. The van der Waals surface area contributed by atoms with Gasteiger partial charge < -0.3 is 25.3 Å². The lowest BCUT2D eigenvalue weighted by molar-refractivity contribution is -0.111. The number of ether oxygens (including phenoxy) is 1. The number of halogens is 2. The summed E-state index contributed by atoms with van der Waals surface area (Å²) in [5.41, 5.74) is 1.81. The second-order valence-electron chi connectivity index (χ2n) is 7.86. The molecule has 0 aliphatic heterocycles. The molecule has 1 aromatic heterocycles. The lowest BCUT2D eigenvalue weighted by Gasteiger charge is -2.22. The summed E-state index contributed by atoms with van der Waals surface area (Å²) >= 11 is 6.39. The van der Waals surface area contributed by atoms with E-state index < -0.39 is 18.9 Å². The highest BCUT2D eigenvalue weighted by Crippen LogP contribution is 2.47. The number of rotatable bonds is 10. The Bertz CT molecular complexity index is 1340. The van der Waals surface area contributed by atoms with Crippen LogP contribution in [0.2, 0.25) is 5.02 Å². The molecule has 0 unspecified atom stereocenters. The van der Waals surface area contributed by atoms with Gasteiger partial charge in [-0.3, -0.25) is 4.79 Å². The number of nitrogens with zero attached hydrogens (tertiary/aromatic N) is 2. The van der Waals surface area contributed by atoms with Gasteiger partial charge in [0.05, 0.1) is 30.4 Å². The van der Waals surface area contributed by atoms with Gasteiger partial charge in [0.1, 0.15) is 17.9 Å². The van der Waals surface area contributed by atoms with E-state index in [4.69, 9.17) is 16.3 Å². The lowest BCUT2D eigenvalue weighted by Crippen LogP contribution is -2.17. The van der Waals surface area contributed by atoms with Crippen LogP contribution in [0, 0.1) is 12.7 Å². The van der Waals surface area contributed by atoms with E-state index in [-0.39, 0.29) is 22.4 Å². The fourth-order valence-corrected chi connectivity index (χ4v) is 6.21. The lowest BCUT2D eigenvalue weighted by atomic mass is 10.2. The monoisotopic (exact) mass is 531 g/mol. The topological polar surface area (TPSA) is 105 Å². The zero-order valence-corrected chi connectivity index (χ0v) is 22.1. The van der Waals surface area contributed by atoms with E-state index >= 15 is 0 Å². The molecule has 36 heavy (non-hydrogen) atoms. The van der Waals surface area contributed by atoms with Gasteiger partial charge in [-0.25, -0.2) is 9.37 Å². The van der Waals surface area contributed by atoms with Crippen molar-refractivity contribution in [3.05, 3.63) is 65.6 Å². The fourth-order valence-electron chi connectivity index (χ4n) is 3.70. The van der Waals surface area contributed by atoms with E-state index in [1.165, 1.54) is 19.4 Å². The molecule has 190 valence electrons. The molecule has 11 heteroatoms. The predicted octanol–water partition coefficient (Wildman–Crippen LogP) is 6.23. The summed E-state index contributed by atoms with van der Waals surface area (Å²) in [4.78, 5) is 20.3. The van der Waals surface area contributed by atoms with Crippen LogP contribution in [-0.2, 0) is 9.36 Å². The fraction of sp³-hybridized carbons (Fsp3) is 0.240. The van der Waals surface area contributed by atoms with Crippen LogP contribution < -0.4 is 26.0 Å². The maximum absolute atomic E-state index is 14.4. The van der Waals surface area contributed by atoms with Crippen LogP contribution >= 0.6 is 18.7 Å². The Morgan fingerprint density at radius 1 is 1.19 bits per heavy atom. The van der Waals surface area contributed by atoms with E-state index in [1.807, 2.05) is 39.0 Å². The minimum absolute atomic E-state index is 0.0743. The first kappa shape index (κ1) is 27.2. The zero-order valence-electron chi connectivity index (χ0n) is 20.5. The summed E-state index contributed by atoms with van der Waals surface area (Å²) in [6.07, 6.45) is 3.50. The number of aryl methyl sites for hydroxylation is 1. The Morgan fingerprint density at radius 2 is 1.92 bits per heavy atom. The first-order valence-electron chi connectivity index (χ1n) is 11.2. The van der Waals surface area contributed by atoms with Gasteiger partial charge in [-0.2, -0.15) is 4.98 Å². The molecule has 0 aliphatic rings. The molecule has 3 aromatic rings. The third kappa shape index (κ3) is 5.86. The second-order valence-corrected chi connectivity index (χ2v) is 11.8. The molecule has 1 amide bonds. The Kier molecular flexibility index (Phi) is 8.71. The smallest absolute Gasteiger partial charge is 0.247 e. The molecular formula is C25H28ClFN5O3P. The van der Waals surface area contributed by atoms with Crippen molar-refractivity contribution in [1.29, 1.82) is 0 Å². The van der Waals surface area contributed by atoms with Gasteiger partial charge in [0.2, 0.25) is 11.9 Å². The molecule has 3 rings (SSSR count). The summed E-state index contributed by atoms with van der Waals surface area (Å²) in [5, 5.41) is 9.60. The maximum atomic E-state index is 14.4. The largest absolute Gasteiger partial charge is 0.494 e. The number of hydrogen-bond acceptors (Lipinski definition) is 7. The molecule has 0 saturated carbocycles. The van der Waals surface area contributed by atoms with Gasteiger partial charge in [-0.15, -0.1) is 0 Å². The molecule has 0 aliphatic carbocycles. The number of anilines is 5. The highest BCUT2D eigenvalue weighted by Gasteiger charge is 2.26. The van der Waals surface area contributed by atoms with E-state index in [1.54, 1.807) is 0 Å². The van der Waals surface area contributed by atoms with Crippen LogP contribution in [0.3, 0.4) is 0 Å². The molecule has 0 atom stereocenters. The summed E-state index contributed by atoms with van der Waals surface area (Å²) in [7, 11) is -1.24. The summed E-state index contributed by atoms with van der Waals surface area (Å²) in [5.74, 6) is -0.651. The van der Waals surface area contributed by atoms with Crippen LogP contribution in [0.4, 0.5) is 33.2 Å². The maximum Gasteiger partial charge on any atom is 0.247 e. The Balaban J connectivity index is 2.00. The van der Waals surface area contributed by atoms with E-state index in [0.29, 0.717) is 29.5 Å². The molecule has 0 saturated heterocycles. The van der Waals surface area contributed by atoms with Crippen LogP contribution in [0.25, 0.3) is 0 Å². The SMILES string of the molecule is C=CC(=O)Nc1cc(Nc2ncc(Cl)c(Nc3cccc(C)c3P(=O)(CC)CC)n2)c(OC)cc1F. The van der Waals surface area contributed by atoms with E-state index in [0.717, 1.165) is 23.0 Å². The van der Waals surface area contributed by atoms with Crippen molar-refractivity contribution in [3.8, 4) is 5.75 Å². The first-order valence-corrected chi connectivity index (χ1v) is 13.7. The predicted molar refractivity (Wildman–Crippen MR) is 145 cm³/mol. The molecule has 2 aromatic carbocycles. The van der Waals surface area contributed by atoms with E-state index in [9.17, 15) is 13.8 Å². The number of amides is 1. The third-order valence-corrected chi connectivity index (χ3v) is 9.37. The van der Waals surface area contributed by atoms with Gasteiger partial charge in [-0.1, -0.05) is 44.2 Å². The number of aromatic nitrogens is 2. The number of methoxy groups -OCH3 is 1. The molecule has 0 spiro atoms. The van der Waals surface area contributed by atoms with Gasteiger partial charge in [-0.05, 0) is 30.7 Å². The van der Waals surface area contributed by atoms with E-state index in [2.05, 4.69) is 32.5 Å². The van der Waals surface area contributed by atoms with Crippen LogP contribution in [0.5, 0.6) is 5.75 Å². The van der Waals surface area contributed by atoms with Crippen LogP contribution in [0.15, 0.2) is 49.2 Å². The number of benzene rings is 2. The van der Waals surface area contributed by atoms with Crippen molar-refractivity contribution in [3.63, 3.8) is 0 Å². The average Bonchev–Trinajstić information content (AvgIpc) is 2.87. The average molecular weight is 532 g/mol. The summed E-state index contributed by atoms with van der Waals surface area (Å²) < 4.78 is 33.3. The molecule has 8 nitrogen and oxygen atoms in total. The van der Waals surface area contributed by atoms with Crippen molar-refractivity contribution in [2.75, 3.05) is 35.4 Å². The molecule has 1 heterocycles. The number of nitrogens with one attached hydrogen (secondary N) is 3. The van der Waals surface area contributed by atoms with Crippen LogP contribution in [0.1, 0.15) is 19.4 Å². The molecule has 0 bridgehead atoms. The minimum Gasteiger partial charge on any atom is -0.494 e. The Hall–Kier alpha value is -3.42. The quantitative estimate of drug-likeness (QED) is 0.210. The van der Waals surface area contributed by atoms with Crippen molar-refractivity contribution >= 4 is 58.8 Å². The Morgan fingerprint density at radius 3 is 2.56 bits per heavy atom. The summed E-state index contributed by atoms with van der Waals surface area (Å²) in [6.45, 7) is 9.13. The van der Waals surface area contributed by atoms with Crippen molar-refractivity contribution < 1.29 is 18.5 Å². The van der Waals surface area contributed by atoms with Gasteiger partial charge in [0, 0.05) is 23.7 Å². The van der Waals surface area contributed by atoms with Gasteiger partial charge in [0.15, 0.2) is 11.6 Å². The number of hydrogen-bond donors (Lipinski definition) is 3. The molecule has 0 fully saturated rings. The molecule has 0 radical (unpaired) electrons. The van der Waals surface area contributed by atoms with Crippen molar-refractivity contribution in [2.45, 2.75) is 20.8 Å².